The molecule has 0 atom stereocenters. The summed E-state index contributed by atoms with van der Waals surface area (Å²) >= 11 is 7.37. The third kappa shape index (κ3) is 5.54. The quantitative estimate of drug-likeness (QED) is 0.479. The molecule has 0 saturated heterocycles. The Hall–Kier alpha value is -2.90. The zero-order valence-electron chi connectivity index (χ0n) is 14.4. The molecule has 0 aliphatic rings. The zero-order valence-corrected chi connectivity index (χ0v) is 16.0. The van der Waals surface area contributed by atoms with Crippen molar-refractivity contribution < 1.29 is 14.3 Å². The molecule has 0 unspecified atom stereocenters. The predicted molar refractivity (Wildman–Crippen MR) is 107 cm³/mol. The van der Waals surface area contributed by atoms with Crippen LogP contribution in [0.4, 0.5) is 0 Å². The Balaban J connectivity index is 1.48. The first-order chi connectivity index (χ1) is 13.1. The maximum Gasteiger partial charge on any atom is 0.277 e. The second kappa shape index (κ2) is 9.16. The van der Waals surface area contributed by atoms with Crippen molar-refractivity contribution in [3.8, 4) is 22.1 Å². The molecule has 27 heavy (non-hydrogen) atoms. The number of aromatic nitrogens is 1. The zero-order chi connectivity index (χ0) is 19.1. The van der Waals surface area contributed by atoms with Crippen molar-refractivity contribution >= 4 is 35.1 Å². The number of nitrogens with one attached hydrogen (secondary N) is 1. The maximum absolute atomic E-state index is 11.8. The van der Waals surface area contributed by atoms with E-state index in [-0.39, 0.29) is 12.5 Å². The lowest BCUT2D eigenvalue weighted by molar-refractivity contribution is -0.123. The fraction of sp³-hybridized carbons (Fsp3) is 0.105. The first kappa shape index (κ1) is 18.9. The number of carbonyl (C=O) groups excluding carboxylic acids is 1. The van der Waals surface area contributed by atoms with Crippen LogP contribution in [0.25, 0.3) is 10.6 Å². The molecule has 3 aromatic rings. The lowest BCUT2D eigenvalue weighted by atomic mass is 10.2. The predicted octanol–water partition coefficient (Wildman–Crippen LogP) is 4.00. The van der Waals surface area contributed by atoms with E-state index in [1.807, 2.05) is 29.6 Å². The average Bonchev–Trinajstić information content (AvgIpc) is 3.16. The SMILES string of the molecule is COc1ccc(OCC(=O)N/N=C\c2csc(-c3ccc(Cl)cc3)n2)cc1. The van der Waals surface area contributed by atoms with Gasteiger partial charge in [0.1, 0.15) is 16.5 Å². The van der Waals surface area contributed by atoms with Crippen LogP contribution < -0.4 is 14.9 Å². The van der Waals surface area contributed by atoms with Crippen molar-refractivity contribution in [1.29, 1.82) is 0 Å². The van der Waals surface area contributed by atoms with Crippen LogP contribution >= 0.6 is 22.9 Å². The highest BCUT2D eigenvalue weighted by atomic mass is 35.5. The van der Waals surface area contributed by atoms with Gasteiger partial charge in [-0.3, -0.25) is 4.79 Å². The largest absolute Gasteiger partial charge is 0.497 e. The lowest BCUT2D eigenvalue weighted by Gasteiger charge is -2.05. The molecule has 0 aliphatic heterocycles. The van der Waals surface area contributed by atoms with Gasteiger partial charge in [0.2, 0.25) is 0 Å². The molecule has 138 valence electrons. The van der Waals surface area contributed by atoms with Crippen LogP contribution in [0.2, 0.25) is 5.02 Å². The highest BCUT2D eigenvalue weighted by Crippen LogP contribution is 2.24. The van der Waals surface area contributed by atoms with Crippen molar-refractivity contribution in [2.45, 2.75) is 0 Å². The summed E-state index contributed by atoms with van der Waals surface area (Å²) in [5.74, 6) is 0.926. The summed E-state index contributed by atoms with van der Waals surface area (Å²) in [4.78, 5) is 16.2. The number of nitrogens with zero attached hydrogens (tertiary/aromatic N) is 2. The molecular formula is C19H16ClN3O3S. The van der Waals surface area contributed by atoms with Gasteiger partial charge in [-0.2, -0.15) is 5.10 Å². The van der Waals surface area contributed by atoms with Crippen LogP contribution in [0.3, 0.4) is 0 Å². The highest BCUT2D eigenvalue weighted by molar-refractivity contribution is 7.13. The molecule has 0 saturated carbocycles. The smallest absolute Gasteiger partial charge is 0.277 e. The Labute approximate surface area is 165 Å². The van der Waals surface area contributed by atoms with E-state index in [0.29, 0.717) is 16.5 Å². The summed E-state index contributed by atoms with van der Waals surface area (Å²) in [5.41, 5.74) is 4.04. The van der Waals surface area contributed by atoms with Crippen molar-refractivity contribution in [3.63, 3.8) is 0 Å². The maximum atomic E-state index is 11.8. The lowest BCUT2D eigenvalue weighted by Crippen LogP contribution is -2.24. The van der Waals surface area contributed by atoms with Gasteiger partial charge in [0.25, 0.3) is 5.91 Å². The van der Waals surface area contributed by atoms with E-state index >= 15 is 0 Å². The van der Waals surface area contributed by atoms with Crippen molar-refractivity contribution in [2.24, 2.45) is 5.10 Å². The molecule has 0 aliphatic carbocycles. The number of halogens is 1. The monoisotopic (exact) mass is 401 g/mol. The standard InChI is InChI=1S/C19H16ClN3O3S/c1-25-16-6-8-17(9-7-16)26-11-18(24)23-21-10-15-12-27-19(22-15)13-2-4-14(20)5-3-13/h2-10,12H,11H2,1H3,(H,23,24)/b21-10-. The minimum Gasteiger partial charge on any atom is -0.497 e. The van der Waals surface area contributed by atoms with E-state index in [4.69, 9.17) is 21.1 Å². The second-order valence-electron chi connectivity index (χ2n) is 5.34. The molecule has 6 nitrogen and oxygen atoms in total. The minimum absolute atomic E-state index is 0.142. The number of hydrazone groups is 1. The van der Waals surface area contributed by atoms with E-state index in [2.05, 4.69) is 15.5 Å². The number of methoxy groups -OCH3 is 1. The van der Waals surface area contributed by atoms with E-state index in [1.165, 1.54) is 17.6 Å². The third-order valence-corrected chi connectivity index (χ3v) is 4.59. The molecular weight excluding hydrogens is 386 g/mol. The van der Waals surface area contributed by atoms with Crippen LogP contribution in [-0.2, 0) is 4.79 Å². The van der Waals surface area contributed by atoms with Crippen molar-refractivity contribution in [1.82, 2.24) is 10.4 Å². The number of rotatable bonds is 7. The van der Waals surface area contributed by atoms with Gasteiger partial charge in [0.15, 0.2) is 6.61 Å². The third-order valence-electron chi connectivity index (χ3n) is 3.43. The van der Waals surface area contributed by atoms with Crippen LogP contribution in [0, 0.1) is 0 Å². The Kier molecular flexibility index (Phi) is 6.40. The minimum atomic E-state index is -0.366. The summed E-state index contributed by atoms with van der Waals surface area (Å²) in [7, 11) is 1.59. The van der Waals surface area contributed by atoms with Gasteiger partial charge in [-0.1, -0.05) is 23.7 Å². The molecule has 1 aromatic heterocycles. The summed E-state index contributed by atoms with van der Waals surface area (Å²) in [6, 6.07) is 14.4. The summed E-state index contributed by atoms with van der Waals surface area (Å²) in [6.45, 7) is -0.142. The summed E-state index contributed by atoms with van der Waals surface area (Å²) < 4.78 is 10.4. The Morgan fingerprint density at radius 3 is 2.59 bits per heavy atom. The fourth-order valence-electron chi connectivity index (χ4n) is 2.09. The molecule has 1 N–H and O–H groups in total. The molecule has 8 heteroatoms. The van der Waals surface area contributed by atoms with Crippen molar-refractivity contribution in [2.75, 3.05) is 13.7 Å². The highest BCUT2D eigenvalue weighted by Gasteiger charge is 2.04. The van der Waals surface area contributed by atoms with Gasteiger partial charge in [0.05, 0.1) is 19.0 Å². The van der Waals surface area contributed by atoms with E-state index < -0.39 is 0 Å². The summed E-state index contributed by atoms with van der Waals surface area (Å²) in [6.07, 6.45) is 1.49. The first-order valence-electron chi connectivity index (χ1n) is 7.94. The molecule has 0 spiro atoms. The summed E-state index contributed by atoms with van der Waals surface area (Å²) in [5, 5.41) is 7.28. The van der Waals surface area contributed by atoms with Gasteiger partial charge < -0.3 is 9.47 Å². The molecule has 0 fully saturated rings. The first-order valence-corrected chi connectivity index (χ1v) is 9.20. The van der Waals surface area contributed by atoms with Gasteiger partial charge in [0, 0.05) is 16.0 Å². The Morgan fingerprint density at radius 2 is 1.89 bits per heavy atom. The van der Waals surface area contributed by atoms with Gasteiger partial charge in [-0.05, 0) is 36.4 Å². The number of hydrogen-bond acceptors (Lipinski definition) is 6. The van der Waals surface area contributed by atoms with Gasteiger partial charge in [-0.15, -0.1) is 11.3 Å². The number of amides is 1. The second-order valence-corrected chi connectivity index (χ2v) is 6.64. The molecule has 1 amide bonds. The van der Waals surface area contributed by atoms with E-state index in [1.54, 1.807) is 31.4 Å². The number of hydrogen-bond donors (Lipinski definition) is 1. The number of carbonyl (C=O) groups is 1. The average molecular weight is 402 g/mol. The van der Waals surface area contributed by atoms with Crippen LogP contribution in [0.5, 0.6) is 11.5 Å². The normalized spacial score (nSPS) is 10.7. The Morgan fingerprint density at radius 1 is 1.19 bits per heavy atom. The van der Waals surface area contributed by atoms with Crippen LogP contribution in [0.1, 0.15) is 5.69 Å². The molecule has 3 rings (SSSR count). The van der Waals surface area contributed by atoms with Gasteiger partial charge >= 0.3 is 0 Å². The number of ether oxygens (including phenoxy) is 2. The van der Waals surface area contributed by atoms with Gasteiger partial charge in [-0.25, -0.2) is 10.4 Å². The Bertz CT molecular complexity index is 924. The van der Waals surface area contributed by atoms with Crippen LogP contribution in [0.15, 0.2) is 59.0 Å². The van der Waals surface area contributed by atoms with E-state index in [0.717, 1.165) is 16.3 Å². The number of benzene rings is 2. The molecule has 0 bridgehead atoms. The van der Waals surface area contributed by atoms with Crippen LogP contribution in [-0.4, -0.2) is 30.8 Å². The molecule has 2 aromatic carbocycles. The van der Waals surface area contributed by atoms with E-state index in [9.17, 15) is 4.79 Å². The number of thiazole rings is 1. The fourth-order valence-corrected chi connectivity index (χ4v) is 3.00. The van der Waals surface area contributed by atoms with Crippen molar-refractivity contribution in [3.05, 3.63) is 64.6 Å². The molecule has 1 heterocycles. The topological polar surface area (TPSA) is 72.8 Å². The molecule has 0 radical (unpaired) electrons.